The minimum atomic E-state index is -0.535. The van der Waals surface area contributed by atoms with Crippen molar-refractivity contribution in [1.82, 2.24) is 0 Å². The largest absolute Gasteiger partial charge is 0.370 e. The van der Waals surface area contributed by atoms with Crippen molar-refractivity contribution in [1.29, 1.82) is 0 Å². The predicted octanol–water partition coefficient (Wildman–Crippen LogP) is 5.06. The highest BCUT2D eigenvalue weighted by molar-refractivity contribution is 7.74. The molecular weight excluding hydrogens is 287 g/mol. The van der Waals surface area contributed by atoms with E-state index in [1.807, 2.05) is 0 Å². The Morgan fingerprint density at radius 2 is 1.36 bits per heavy atom. The van der Waals surface area contributed by atoms with Gasteiger partial charge in [0.25, 0.3) is 0 Å². The molecule has 2 heteroatoms. The van der Waals surface area contributed by atoms with Crippen LogP contribution in [0.3, 0.4) is 0 Å². The molecule has 2 rings (SSSR count). The maximum Gasteiger partial charge on any atom is 0.0922 e. The molecule has 1 atom stereocenters. The summed E-state index contributed by atoms with van der Waals surface area (Å²) in [5.41, 5.74) is 0. The molecule has 2 aromatic carbocycles. The van der Waals surface area contributed by atoms with Crippen molar-refractivity contribution in [3.8, 4) is 0 Å². The van der Waals surface area contributed by atoms with E-state index in [9.17, 15) is 0 Å². The van der Waals surface area contributed by atoms with Gasteiger partial charge in [-0.25, -0.2) is 0 Å². The molecule has 2 aromatic rings. The second-order valence-electron chi connectivity index (χ2n) is 5.74. The molecule has 0 amide bonds. The van der Waals surface area contributed by atoms with Crippen LogP contribution in [0.15, 0.2) is 60.7 Å². The molecule has 0 saturated carbocycles. The lowest BCUT2D eigenvalue weighted by Gasteiger charge is -2.38. The van der Waals surface area contributed by atoms with Gasteiger partial charge in [-0.2, -0.15) is 0 Å². The summed E-state index contributed by atoms with van der Waals surface area (Å²) in [5.74, 6) is 0. The topological polar surface area (TPSA) is 9.23 Å². The van der Waals surface area contributed by atoms with Gasteiger partial charge in [-0.05, 0) is 38.3 Å². The fourth-order valence-electron chi connectivity index (χ4n) is 2.61. The molecule has 0 bridgehead atoms. The SMILES string of the molecule is CCCCOC(C)(CC)P(c1ccccc1)c1ccccc1. The summed E-state index contributed by atoms with van der Waals surface area (Å²) in [6, 6.07) is 21.7. The molecular formula is C20H27OP. The van der Waals surface area contributed by atoms with Gasteiger partial charge in [0.1, 0.15) is 0 Å². The molecule has 1 unspecified atom stereocenters. The highest BCUT2D eigenvalue weighted by atomic mass is 31.1. The summed E-state index contributed by atoms with van der Waals surface area (Å²) in [7, 11) is -0.535. The van der Waals surface area contributed by atoms with Crippen molar-refractivity contribution in [2.75, 3.05) is 6.61 Å². The van der Waals surface area contributed by atoms with Gasteiger partial charge in [0.05, 0.1) is 5.34 Å². The molecule has 0 N–H and O–H groups in total. The normalized spacial score (nSPS) is 14.0. The van der Waals surface area contributed by atoms with E-state index in [4.69, 9.17) is 4.74 Å². The fraction of sp³-hybridized carbons (Fsp3) is 0.400. The third kappa shape index (κ3) is 4.18. The van der Waals surface area contributed by atoms with Gasteiger partial charge in [0, 0.05) is 6.61 Å². The van der Waals surface area contributed by atoms with E-state index >= 15 is 0 Å². The van der Waals surface area contributed by atoms with Crippen molar-refractivity contribution in [2.24, 2.45) is 0 Å². The number of hydrogen-bond donors (Lipinski definition) is 0. The van der Waals surface area contributed by atoms with Crippen LogP contribution >= 0.6 is 7.92 Å². The Balaban J connectivity index is 2.38. The number of hydrogen-bond acceptors (Lipinski definition) is 1. The summed E-state index contributed by atoms with van der Waals surface area (Å²) in [5, 5.41) is 2.67. The highest BCUT2D eigenvalue weighted by Crippen LogP contribution is 2.50. The average Bonchev–Trinajstić information content (AvgIpc) is 2.57. The maximum atomic E-state index is 6.42. The van der Waals surface area contributed by atoms with E-state index in [0.717, 1.165) is 19.4 Å². The van der Waals surface area contributed by atoms with E-state index in [2.05, 4.69) is 81.4 Å². The zero-order valence-corrected chi connectivity index (χ0v) is 14.9. The first kappa shape index (κ1) is 17.2. The summed E-state index contributed by atoms with van der Waals surface area (Å²) in [6.45, 7) is 7.59. The zero-order valence-electron chi connectivity index (χ0n) is 14.0. The van der Waals surface area contributed by atoms with Gasteiger partial charge < -0.3 is 4.74 Å². The Morgan fingerprint density at radius 1 is 0.864 bits per heavy atom. The van der Waals surface area contributed by atoms with Crippen LogP contribution in [0, 0.1) is 0 Å². The molecule has 0 spiro atoms. The average molecular weight is 314 g/mol. The molecule has 0 saturated heterocycles. The highest BCUT2D eigenvalue weighted by Gasteiger charge is 2.35. The summed E-state index contributed by atoms with van der Waals surface area (Å²) in [6.07, 6.45) is 3.32. The maximum absolute atomic E-state index is 6.42. The van der Waals surface area contributed by atoms with Crippen molar-refractivity contribution < 1.29 is 4.74 Å². The minimum absolute atomic E-state index is 0.118. The molecule has 22 heavy (non-hydrogen) atoms. The van der Waals surface area contributed by atoms with Gasteiger partial charge in [-0.3, -0.25) is 0 Å². The Hall–Kier alpha value is -1.17. The second kappa shape index (κ2) is 8.46. The second-order valence-corrected chi connectivity index (χ2v) is 8.39. The monoisotopic (exact) mass is 314 g/mol. The van der Waals surface area contributed by atoms with Gasteiger partial charge in [0.15, 0.2) is 0 Å². The van der Waals surface area contributed by atoms with Crippen LogP contribution in [-0.4, -0.2) is 11.9 Å². The summed E-state index contributed by atoms with van der Waals surface area (Å²) >= 11 is 0. The first-order valence-electron chi connectivity index (χ1n) is 8.25. The quantitative estimate of drug-likeness (QED) is 0.489. The van der Waals surface area contributed by atoms with Gasteiger partial charge in [0.2, 0.25) is 0 Å². The molecule has 0 aromatic heterocycles. The van der Waals surface area contributed by atoms with Gasteiger partial charge >= 0.3 is 0 Å². The van der Waals surface area contributed by atoms with Crippen LogP contribution in [0.5, 0.6) is 0 Å². The lowest BCUT2D eigenvalue weighted by molar-refractivity contribution is 0.0313. The molecule has 0 aliphatic heterocycles. The number of unbranched alkanes of at least 4 members (excludes halogenated alkanes) is 1. The zero-order chi connectivity index (χ0) is 15.8. The standard InChI is InChI=1S/C20H27OP/c1-4-6-17-21-20(3,5-2)22(18-13-9-7-10-14-18)19-15-11-8-12-16-19/h7-16H,4-6,17H2,1-3H3. The molecule has 0 aliphatic rings. The van der Waals surface area contributed by atoms with Crippen LogP contribution in [0.2, 0.25) is 0 Å². The molecule has 0 aliphatic carbocycles. The predicted molar refractivity (Wildman–Crippen MR) is 98.6 cm³/mol. The number of benzene rings is 2. The van der Waals surface area contributed by atoms with Crippen molar-refractivity contribution in [3.05, 3.63) is 60.7 Å². The lowest BCUT2D eigenvalue weighted by Crippen LogP contribution is -2.34. The molecule has 1 nitrogen and oxygen atoms in total. The third-order valence-electron chi connectivity index (χ3n) is 4.07. The summed E-state index contributed by atoms with van der Waals surface area (Å²) in [4.78, 5) is 0. The Bertz CT molecular complexity index is 501. The molecule has 0 radical (unpaired) electrons. The van der Waals surface area contributed by atoms with E-state index in [1.165, 1.54) is 17.0 Å². The van der Waals surface area contributed by atoms with Gasteiger partial charge in [-0.1, -0.05) is 80.9 Å². The first-order chi connectivity index (χ1) is 10.7. The Labute approximate surface area is 136 Å². The Morgan fingerprint density at radius 3 is 1.77 bits per heavy atom. The first-order valence-corrected chi connectivity index (χ1v) is 9.59. The van der Waals surface area contributed by atoms with Crippen molar-refractivity contribution in [3.63, 3.8) is 0 Å². The van der Waals surface area contributed by atoms with E-state index in [1.54, 1.807) is 0 Å². The van der Waals surface area contributed by atoms with Crippen LogP contribution < -0.4 is 10.6 Å². The smallest absolute Gasteiger partial charge is 0.0922 e. The van der Waals surface area contributed by atoms with Crippen LogP contribution in [-0.2, 0) is 4.74 Å². The summed E-state index contributed by atoms with van der Waals surface area (Å²) < 4.78 is 6.42. The molecule has 0 fully saturated rings. The van der Waals surface area contributed by atoms with Crippen LogP contribution in [0.25, 0.3) is 0 Å². The number of ether oxygens (including phenoxy) is 1. The third-order valence-corrected chi connectivity index (χ3v) is 7.09. The Kier molecular flexibility index (Phi) is 6.61. The van der Waals surface area contributed by atoms with Crippen molar-refractivity contribution >= 4 is 18.5 Å². The van der Waals surface area contributed by atoms with Crippen LogP contribution in [0.4, 0.5) is 0 Å². The van der Waals surface area contributed by atoms with Gasteiger partial charge in [-0.15, -0.1) is 0 Å². The number of rotatable bonds is 8. The molecule has 118 valence electrons. The minimum Gasteiger partial charge on any atom is -0.370 e. The van der Waals surface area contributed by atoms with Crippen LogP contribution in [0.1, 0.15) is 40.0 Å². The van der Waals surface area contributed by atoms with Crippen molar-refractivity contribution in [2.45, 2.75) is 45.4 Å². The molecule has 0 heterocycles. The fourth-order valence-corrected chi connectivity index (χ4v) is 5.48. The van der Waals surface area contributed by atoms with E-state index in [-0.39, 0.29) is 5.34 Å². The van der Waals surface area contributed by atoms with E-state index in [0.29, 0.717) is 0 Å². The van der Waals surface area contributed by atoms with E-state index < -0.39 is 7.92 Å². The lowest BCUT2D eigenvalue weighted by atomic mass is 10.3.